The molecule has 0 amide bonds. The van der Waals surface area contributed by atoms with Gasteiger partial charge in [0, 0.05) is 11.8 Å². The van der Waals surface area contributed by atoms with E-state index >= 15 is 0 Å². The molecule has 0 N–H and O–H groups in total. The van der Waals surface area contributed by atoms with Gasteiger partial charge in [-0.3, -0.25) is 0 Å². The second-order valence-corrected chi connectivity index (χ2v) is 3.77. The Kier molecular flexibility index (Phi) is 2.17. The van der Waals surface area contributed by atoms with Crippen LogP contribution in [0.5, 0.6) is 11.6 Å². The Bertz CT molecular complexity index is 537. The lowest BCUT2D eigenvalue weighted by Crippen LogP contribution is -1.97. The zero-order chi connectivity index (χ0) is 11.0. The van der Waals surface area contributed by atoms with Crippen molar-refractivity contribution < 1.29 is 9.47 Å². The molecule has 0 saturated heterocycles. The van der Waals surface area contributed by atoms with Gasteiger partial charge in [-0.25, -0.2) is 4.98 Å². The lowest BCUT2D eigenvalue weighted by molar-refractivity contribution is 0.340. The standard InChI is InChI=1S/C13H13NO2/c1-2-15-12-9-5-3-4-6-11(9)14-13-10(12)7-8-16-13/h3-6H,2,7-8H2,1H3. The first-order chi connectivity index (χ1) is 7.90. The number of hydrogen-bond acceptors (Lipinski definition) is 3. The van der Waals surface area contributed by atoms with Gasteiger partial charge in [0.05, 0.1) is 24.3 Å². The second-order valence-electron chi connectivity index (χ2n) is 3.77. The van der Waals surface area contributed by atoms with Crippen LogP contribution in [0.2, 0.25) is 0 Å². The first kappa shape index (κ1) is 9.46. The van der Waals surface area contributed by atoms with E-state index in [2.05, 4.69) is 4.98 Å². The Labute approximate surface area is 94.0 Å². The van der Waals surface area contributed by atoms with Crippen LogP contribution in [0.15, 0.2) is 24.3 Å². The van der Waals surface area contributed by atoms with Crippen molar-refractivity contribution in [3.8, 4) is 11.6 Å². The molecule has 2 aromatic rings. The largest absolute Gasteiger partial charge is 0.493 e. The Morgan fingerprint density at radius 3 is 3.12 bits per heavy atom. The van der Waals surface area contributed by atoms with Crippen molar-refractivity contribution in [1.82, 2.24) is 4.98 Å². The molecule has 0 spiro atoms. The van der Waals surface area contributed by atoms with Gasteiger partial charge in [-0.1, -0.05) is 12.1 Å². The van der Waals surface area contributed by atoms with Crippen LogP contribution in [-0.4, -0.2) is 18.2 Å². The molecular formula is C13H13NO2. The summed E-state index contributed by atoms with van der Waals surface area (Å²) in [4.78, 5) is 4.50. The molecule has 2 heterocycles. The van der Waals surface area contributed by atoms with Gasteiger partial charge < -0.3 is 9.47 Å². The van der Waals surface area contributed by atoms with Crippen LogP contribution in [0.25, 0.3) is 10.9 Å². The quantitative estimate of drug-likeness (QED) is 0.771. The highest BCUT2D eigenvalue weighted by Gasteiger charge is 2.21. The van der Waals surface area contributed by atoms with Crippen molar-refractivity contribution in [1.29, 1.82) is 0 Å². The third-order valence-electron chi connectivity index (χ3n) is 2.78. The van der Waals surface area contributed by atoms with Crippen LogP contribution < -0.4 is 9.47 Å². The van der Waals surface area contributed by atoms with Gasteiger partial charge in [0.25, 0.3) is 0 Å². The van der Waals surface area contributed by atoms with E-state index in [0.717, 1.165) is 34.5 Å². The van der Waals surface area contributed by atoms with Gasteiger partial charge in [-0.15, -0.1) is 0 Å². The number of rotatable bonds is 2. The van der Waals surface area contributed by atoms with E-state index in [4.69, 9.17) is 9.47 Å². The van der Waals surface area contributed by atoms with Crippen molar-refractivity contribution in [3.63, 3.8) is 0 Å². The van der Waals surface area contributed by atoms with Crippen molar-refractivity contribution in [2.45, 2.75) is 13.3 Å². The van der Waals surface area contributed by atoms with Gasteiger partial charge in [0.15, 0.2) is 0 Å². The van der Waals surface area contributed by atoms with Crippen LogP contribution in [0.1, 0.15) is 12.5 Å². The lowest BCUT2D eigenvalue weighted by Gasteiger charge is -2.10. The maximum absolute atomic E-state index is 5.74. The summed E-state index contributed by atoms with van der Waals surface area (Å²) in [6.45, 7) is 3.37. The molecule has 16 heavy (non-hydrogen) atoms. The monoisotopic (exact) mass is 215 g/mol. The maximum Gasteiger partial charge on any atom is 0.221 e. The van der Waals surface area contributed by atoms with Gasteiger partial charge in [0.2, 0.25) is 5.88 Å². The van der Waals surface area contributed by atoms with E-state index in [-0.39, 0.29) is 0 Å². The first-order valence-corrected chi connectivity index (χ1v) is 5.57. The molecular weight excluding hydrogens is 202 g/mol. The molecule has 0 saturated carbocycles. The van der Waals surface area contributed by atoms with Crippen molar-refractivity contribution in [3.05, 3.63) is 29.8 Å². The predicted molar refractivity (Wildman–Crippen MR) is 62.1 cm³/mol. The minimum absolute atomic E-state index is 0.667. The fraction of sp³-hybridized carbons (Fsp3) is 0.308. The Morgan fingerprint density at radius 2 is 2.25 bits per heavy atom. The molecule has 1 aliphatic heterocycles. The van der Waals surface area contributed by atoms with E-state index < -0.39 is 0 Å². The van der Waals surface area contributed by atoms with Crippen molar-refractivity contribution in [2.75, 3.05) is 13.2 Å². The topological polar surface area (TPSA) is 31.4 Å². The van der Waals surface area contributed by atoms with Crippen molar-refractivity contribution >= 4 is 10.9 Å². The average molecular weight is 215 g/mol. The molecule has 1 aromatic heterocycles. The second kappa shape index (κ2) is 3.67. The zero-order valence-electron chi connectivity index (χ0n) is 9.19. The van der Waals surface area contributed by atoms with Crippen LogP contribution in [0, 0.1) is 0 Å². The molecule has 1 aliphatic rings. The molecule has 0 aliphatic carbocycles. The molecule has 0 unspecified atom stereocenters. The molecule has 1 aromatic carbocycles. The minimum Gasteiger partial charge on any atom is -0.493 e. The number of benzene rings is 1. The number of nitrogens with zero attached hydrogens (tertiary/aromatic N) is 1. The molecule has 3 nitrogen and oxygen atoms in total. The fourth-order valence-electron chi connectivity index (χ4n) is 2.10. The highest BCUT2D eigenvalue weighted by atomic mass is 16.5. The summed E-state index contributed by atoms with van der Waals surface area (Å²) < 4.78 is 11.2. The average Bonchev–Trinajstić information content (AvgIpc) is 2.77. The van der Waals surface area contributed by atoms with Gasteiger partial charge in [-0.05, 0) is 19.1 Å². The SMILES string of the molecule is CCOc1c2c(nc3ccccc13)OCC2. The smallest absolute Gasteiger partial charge is 0.221 e. The first-order valence-electron chi connectivity index (χ1n) is 5.57. The Hall–Kier alpha value is -1.77. The number of para-hydroxylation sites is 1. The molecule has 0 atom stereocenters. The minimum atomic E-state index is 0.667. The Balaban J connectivity index is 2.32. The Morgan fingerprint density at radius 1 is 1.38 bits per heavy atom. The normalized spacial score (nSPS) is 13.6. The summed E-state index contributed by atoms with van der Waals surface area (Å²) in [6.07, 6.45) is 0.891. The molecule has 3 rings (SSSR count). The number of pyridine rings is 1. The third-order valence-corrected chi connectivity index (χ3v) is 2.78. The zero-order valence-corrected chi connectivity index (χ0v) is 9.19. The van der Waals surface area contributed by atoms with Crippen LogP contribution in [0.4, 0.5) is 0 Å². The van der Waals surface area contributed by atoms with Crippen LogP contribution >= 0.6 is 0 Å². The van der Waals surface area contributed by atoms with E-state index in [1.54, 1.807) is 0 Å². The summed E-state index contributed by atoms with van der Waals surface area (Å²) in [6, 6.07) is 8.02. The summed E-state index contributed by atoms with van der Waals surface area (Å²) in [5, 5.41) is 1.08. The lowest BCUT2D eigenvalue weighted by atomic mass is 10.1. The highest BCUT2D eigenvalue weighted by Crippen LogP contribution is 2.37. The maximum atomic E-state index is 5.74. The number of fused-ring (bicyclic) bond motifs is 2. The molecule has 0 radical (unpaired) electrons. The number of hydrogen-bond donors (Lipinski definition) is 0. The van der Waals surface area contributed by atoms with Gasteiger partial charge in [0.1, 0.15) is 5.75 Å². The highest BCUT2D eigenvalue weighted by molar-refractivity contribution is 5.87. The van der Waals surface area contributed by atoms with Gasteiger partial charge >= 0.3 is 0 Å². The molecule has 3 heteroatoms. The van der Waals surface area contributed by atoms with Crippen molar-refractivity contribution in [2.24, 2.45) is 0 Å². The molecule has 82 valence electrons. The summed E-state index contributed by atoms with van der Waals surface area (Å²) in [5.41, 5.74) is 2.05. The van der Waals surface area contributed by atoms with Crippen LogP contribution in [-0.2, 0) is 6.42 Å². The van der Waals surface area contributed by atoms with E-state index in [0.29, 0.717) is 13.2 Å². The van der Waals surface area contributed by atoms with Crippen LogP contribution in [0.3, 0.4) is 0 Å². The number of aromatic nitrogens is 1. The third kappa shape index (κ3) is 1.32. The van der Waals surface area contributed by atoms with Gasteiger partial charge in [-0.2, -0.15) is 0 Å². The van der Waals surface area contributed by atoms with E-state index in [1.165, 1.54) is 0 Å². The summed E-state index contributed by atoms with van der Waals surface area (Å²) in [7, 11) is 0. The van der Waals surface area contributed by atoms with E-state index in [1.807, 2.05) is 31.2 Å². The predicted octanol–water partition coefficient (Wildman–Crippen LogP) is 2.57. The summed E-state index contributed by atoms with van der Waals surface area (Å²) >= 11 is 0. The fourth-order valence-corrected chi connectivity index (χ4v) is 2.10. The number of ether oxygens (including phenoxy) is 2. The molecule has 0 bridgehead atoms. The van der Waals surface area contributed by atoms with E-state index in [9.17, 15) is 0 Å². The summed E-state index contributed by atoms with van der Waals surface area (Å²) in [5.74, 6) is 1.68. The molecule has 0 fully saturated rings.